The Morgan fingerprint density at radius 2 is 1.76 bits per heavy atom. The number of aliphatic hydroxyl groups excluding tert-OH is 1. The number of nitrogens with one attached hydrogen (secondary N) is 3. The molecule has 0 atom stereocenters. The van der Waals surface area contributed by atoms with Crippen LogP contribution in [0, 0.1) is 5.41 Å². The molecular weight excluding hydrogens is 512 g/mol. The molecule has 5 N–H and O–H groups in total. The first-order chi connectivity index (χ1) is 17.7. The molecule has 0 aliphatic heterocycles. The maximum absolute atomic E-state index is 13.0. The number of benzene rings is 2. The van der Waals surface area contributed by atoms with Crippen LogP contribution in [-0.2, 0) is 17.6 Å². The summed E-state index contributed by atoms with van der Waals surface area (Å²) in [5, 5.41) is 27.1. The highest BCUT2D eigenvalue weighted by atomic mass is 35.5. The van der Waals surface area contributed by atoms with E-state index in [2.05, 4.69) is 15.6 Å². The van der Waals surface area contributed by atoms with Gasteiger partial charge >= 0.3 is 4.87 Å². The van der Waals surface area contributed by atoms with Gasteiger partial charge in [-0.15, -0.1) is 0 Å². The Bertz CT molecular complexity index is 1230. The molecule has 1 heterocycles. The van der Waals surface area contributed by atoms with Gasteiger partial charge in [-0.1, -0.05) is 61.1 Å². The van der Waals surface area contributed by atoms with Gasteiger partial charge in [-0.2, -0.15) is 0 Å². The molecule has 0 unspecified atom stereocenters. The fourth-order valence-corrected chi connectivity index (χ4v) is 5.22. The number of hydrogen-bond acceptors (Lipinski definition) is 7. The third kappa shape index (κ3) is 8.83. The number of H-pyrrole nitrogens is 1. The molecule has 0 aliphatic carbocycles. The van der Waals surface area contributed by atoms with Gasteiger partial charge in [0.1, 0.15) is 11.3 Å². The predicted octanol–water partition coefficient (Wildman–Crippen LogP) is 3.15. The zero-order chi connectivity index (χ0) is 26.8. The molecule has 0 aliphatic rings. The van der Waals surface area contributed by atoms with Crippen LogP contribution >= 0.6 is 22.9 Å². The monoisotopic (exact) mass is 548 g/mol. The molecule has 8 nitrogen and oxygen atoms in total. The minimum Gasteiger partial charge on any atom is -0.506 e. The second kappa shape index (κ2) is 13.9. The van der Waals surface area contributed by atoms with E-state index in [9.17, 15) is 19.8 Å². The van der Waals surface area contributed by atoms with Crippen molar-refractivity contribution in [1.82, 2.24) is 20.5 Å². The highest BCUT2D eigenvalue weighted by Gasteiger charge is 2.24. The van der Waals surface area contributed by atoms with Crippen LogP contribution in [0.1, 0.15) is 31.4 Å². The standard InChI is InChI=1S/C27H37ClN4O4S/c1-27(2,18-33)17-32(23(35)11-14-29-12-9-19-5-3-4-6-21(19)28)16-15-30-13-10-20-7-8-22(34)24-25(20)37-26(36)31-24/h3-8,29-30,33-34H,9-18H2,1-2H3,(H,31,36). The summed E-state index contributed by atoms with van der Waals surface area (Å²) in [4.78, 5) is 29.0. The third-order valence-corrected chi connectivity index (χ3v) is 7.54. The third-order valence-electron chi connectivity index (χ3n) is 6.21. The lowest BCUT2D eigenvalue weighted by molar-refractivity contribution is -0.132. The van der Waals surface area contributed by atoms with Gasteiger partial charge in [0.05, 0.1) is 4.70 Å². The number of phenolic OH excluding ortho intramolecular Hbond substituents is 1. The normalized spacial score (nSPS) is 11.8. The van der Waals surface area contributed by atoms with Crippen molar-refractivity contribution < 1.29 is 15.0 Å². The first-order valence-electron chi connectivity index (χ1n) is 12.6. The summed E-state index contributed by atoms with van der Waals surface area (Å²) < 4.78 is 0.773. The van der Waals surface area contributed by atoms with Gasteiger partial charge in [-0.3, -0.25) is 9.59 Å². The summed E-state index contributed by atoms with van der Waals surface area (Å²) >= 11 is 7.30. The number of aliphatic hydroxyl groups is 1. The number of nitrogens with zero attached hydrogens (tertiary/aromatic N) is 1. The molecule has 0 saturated carbocycles. The van der Waals surface area contributed by atoms with Crippen molar-refractivity contribution in [3.63, 3.8) is 0 Å². The van der Waals surface area contributed by atoms with E-state index < -0.39 is 5.41 Å². The van der Waals surface area contributed by atoms with E-state index in [1.54, 1.807) is 6.07 Å². The number of aromatic nitrogens is 1. The number of aromatic amines is 1. The summed E-state index contributed by atoms with van der Waals surface area (Å²) in [5.74, 6) is 0.120. The van der Waals surface area contributed by atoms with Crippen molar-refractivity contribution in [2.75, 3.05) is 45.9 Å². The minimum absolute atomic E-state index is 0.00330. The molecule has 2 aromatic carbocycles. The maximum atomic E-state index is 13.0. The van der Waals surface area contributed by atoms with E-state index in [-0.39, 0.29) is 23.1 Å². The number of hydrogen-bond donors (Lipinski definition) is 5. The highest BCUT2D eigenvalue weighted by Crippen LogP contribution is 2.27. The van der Waals surface area contributed by atoms with Crippen molar-refractivity contribution in [3.8, 4) is 5.75 Å². The molecule has 0 saturated heterocycles. The predicted molar refractivity (Wildman–Crippen MR) is 151 cm³/mol. The molecule has 0 radical (unpaired) electrons. The zero-order valence-corrected chi connectivity index (χ0v) is 23.1. The average Bonchev–Trinajstić information content (AvgIpc) is 3.27. The topological polar surface area (TPSA) is 118 Å². The Morgan fingerprint density at radius 1 is 1.05 bits per heavy atom. The van der Waals surface area contributed by atoms with Gasteiger partial charge in [0, 0.05) is 49.6 Å². The molecule has 37 heavy (non-hydrogen) atoms. The van der Waals surface area contributed by atoms with Crippen molar-refractivity contribution in [2.24, 2.45) is 5.41 Å². The summed E-state index contributed by atoms with van der Waals surface area (Å²) in [5.41, 5.74) is 2.16. The van der Waals surface area contributed by atoms with Gasteiger partial charge in [-0.25, -0.2) is 0 Å². The number of rotatable bonds is 15. The number of carbonyl (C=O) groups excluding carboxylic acids is 1. The lowest BCUT2D eigenvalue weighted by Gasteiger charge is -2.31. The lowest BCUT2D eigenvalue weighted by atomic mass is 9.94. The molecule has 0 spiro atoms. The zero-order valence-electron chi connectivity index (χ0n) is 21.5. The Hall–Kier alpha value is -2.43. The van der Waals surface area contributed by atoms with Crippen LogP contribution in [0.25, 0.3) is 10.2 Å². The van der Waals surface area contributed by atoms with Crippen molar-refractivity contribution in [1.29, 1.82) is 0 Å². The molecule has 1 aromatic heterocycles. The molecule has 3 rings (SSSR count). The van der Waals surface area contributed by atoms with E-state index in [0.29, 0.717) is 51.1 Å². The number of aromatic hydroxyl groups is 1. The largest absolute Gasteiger partial charge is 0.506 e. The summed E-state index contributed by atoms with van der Waals surface area (Å²) in [6, 6.07) is 11.2. The Kier molecular flexibility index (Phi) is 11.0. The number of fused-ring (bicyclic) bond motifs is 1. The van der Waals surface area contributed by atoms with Crippen molar-refractivity contribution in [3.05, 3.63) is 62.2 Å². The van der Waals surface area contributed by atoms with Crippen LogP contribution in [0.15, 0.2) is 41.2 Å². The van der Waals surface area contributed by atoms with Crippen LogP contribution in [0.2, 0.25) is 5.02 Å². The Morgan fingerprint density at radius 3 is 2.49 bits per heavy atom. The fraction of sp³-hybridized carbons (Fsp3) is 0.481. The van der Waals surface area contributed by atoms with Crippen molar-refractivity contribution in [2.45, 2.75) is 33.1 Å². The maximum Gasteiger partial charge on any atom is 0.305 e. The average molecular weight is 549 g/mol. The number of halogens is 1. The molecular formula is C27H37ClN4O4S. The number of amides is 1. The van der Waals surface area contributed by atoms with E-state index in [1.165, 1.54) is 0 Å². The van der Waals surface area contributed by atoms with E-state index >= 15 is 0 Å². The molecule has 0 bridgehead atoms. The molecule has 202 valence electrons. The molecule has 10 heteroatoms. The summed E-state index contributed by atoms with van der Waals surface area (Å²) in [6.07, 6.45) is 1.87. The minimum atomic E-state index is -0.392. The number of carbonyl (C=O) groups is 1. The van der Waals surface area contributed by atoms with Crippen molar-refractivity contribution >= 4 is 39.1 Å². The van der Waals surface area contributed by atoms with Crippen LogP contribution in [-0.4, -0.2) is 71.9 Å². The number of thiazole rings is 1. The van der Waals surface area contributed by atoms with E-state index in [4.69, 9.17) is 11.6 Å². The summed E-state index contributed by atoms with van der Waals surface area (Å²) in [6.45, 7) is 7.48. The Balaban J connectivity index is 1.45. The van der Waals surface area contributed by atoms with Gasteiger partial charge < -0.3 is 30.7 Å². The van der Waals surface area contributed by atoms with E-state index in [1.807, 2.05) is 49.1 Å². The van der Waals surface area contributed by atoms with Crippen LogP contribution in [0.3, 0.4) is 0 Å². The smallest absolute Gasteiger partial charge is 0.305 e. The molecule has 0 fully saturated rings. The quantitative estimate of drug-likeness (QED) is 0.186. The molecule has 1 amide bonds. The fourth-order valence-electron chi connectivity index (χ4n) is 4.09. The second-order valence-corrected chi connectivity index (χ2v) is 11.3. The van der Waals surface area contributed by atoms with Gasteiger partial charge in [0.15, 0.2) is 0 Å². The van der Waals surface area contributed by atoms with Gasteiger partial charge in [-0.05, 0) is 49.2 Å². The Labute approximate surface area is 226 Å². The summed E-state index contributed by atoms with van der Waals surface area (Å²) in [7, 11) is 0. The van der Waals surface area contributed by atoms with Gasteiger partial charge in [0.25, 0.3) is 0 Å². The van der Waals surface area contributed by atoms with Gasteiger partial charge in [0.2, 0.25) is 5.91 Å². The highest BCUT2D eigenvalue weighted by molar-refractivity contribution is 7.16. The lowest BCUT2D eigenvalue weighted by Crippen LogP contribution is -2.44. The molecule has 3 aromatic rings. The van der Waals surface area contributed by atoms with Crippen LogP contribution in [0.5, 0.6) is 5.75 Å². The van der Waals surface area contributed by atoms with E-state index in [0.717, 1.165) is 45.2 Å². The van der Waals surface area contributed by atoms with Crippen LogP contribution in [0.4, 0.5) is 0 Å². The first-order valence-corrected chi connectivity index (χ1v) is 13.8. The first kappa shape index (κ1) is 29.1. The second-order valence-electron chi connectivity index (χ2n) is 9.94. The SMILES string of the molecule is CC(C)(CO)CN(CCNCCc1ccc(O)c2[nH]c(=O)sc12)C(=O)CCNCCc1ccccc1Cl. The van der Waals surface area contributed by atoms with Crippen LogP contribution < -0.4 is 15.5 Å². The number of phenols is 1.